The number of halogens is 10. The van der Waals surface area contributed by atoms with Gasteiger partial charge in [0.05, 0.1) is 121 Å². The minimum atomic E-state index is -0.535. The van der Waals surface area contributed by atoms with E-state index >= 15 is 0 Å². The number of aromatic nitrogens is 12. The van der Waals surface area contributed by atoms with Gasteiger partial charge in [0.15, 0.2) is 0 Å². The number of furan rings is 1. The molecule has 0 aliphatic heterocycles. The van der Waals surface area contributed by atoms with Crippen LogP contribution in [-0.2, 0) is 0 Å². The Hall–Kier alpha value is -17.1. The SMILES string of the molecule is Cc1ccc(-c2ccc3ncc4ccc(=O)n(-c5ccc(F)c(Cl)c5)c4c3c2)cn1.O=c1ccc2cnc3ccc(-c4cccnc4)cc3c2n1-c1ccc(F)c(Cl)c1.O=c1ccc2cnc3ccc(-c4ccoc4)cc3c2n1-c1ccc(F)c(Cl)c1.O=c1ccc2cnc3ccc(-c4ccsc4)cc3c2n1-c1ccc(F)c(Cl)c1.O=c1ccc2cnc3ccc(-c4csc5ccccc45)cc3c2n1-c1ccc(F)c(Cl)c1. The van der Waals surface area contributed by atoms with Gasteiger partial charge in [-0.3, -0.25) is 81.7 Å². The zero-order chi connectivity index (χ0) is 101. The quantitative estimate of drug-likeness (QED) is 0.0921. The van der Waals surface area contributed by atoms with E-state index in [0.29, 0.717) is 50.5 Å². The molecule has 26 rings (SSSR count). The number of benzene rings is 11. The molecule has 0 saturated heterocycles. The number of hydrogen-bond acceptors (Lipinski definition) is 15. The molecule has 11 aromatic carbocycles. The lowest BCUT2D eigenvalue weighted by Crippen LogP contribution is -2.17. The number of fused-ring (bicyclic) bond motifs is 16. The molecule has 0 bridgehead atoms. The molecule has 0 atom stereocenters. The zero-order valence-corrected chi connectivity index (χ0v) is 81.7. The fraction of sp³-hybridized carbons (Fsp3) is 0.00855. The first-order chi connectivity index (χ1) is 71.4. The van der Waals surface area contributed by atoms with Crippen LogP contribution in [0, 0.1) is 36.0 Å². The van der Waals surface area contributed by atoms with Gasteiger partial charge in [0.2, 0.25) is 0 Å². The lowest BCUT2D eigenvalue weighted by Gasteiger charge is -2.14. The molecule has 0 radical (unpaired) electrons. The summed E-state index contributed by atoms with van der Waals surface area (Å²) >= 11 is 33.3. The van der Waals surface area contributed by atoms with E-state index in [0.717, 1.165) is 148 Å². The van der Waals surface area contributed by atoms with E-state index in [9.17, 15) is 45.9 Å². The molecule has 0 aliphatic rings. The second-order valence-electron chi connectivity index (χ2n) is 34.1. The number of thiophene rings is 2. The van der Waals surface area contributed by atoms with Crippen molar-refractivity contribution in [2.75, 3.05) is 0 Å². The first kappa shape index (κ1) is 94.7. The molecule has 18 nitrogen and oxygen atoms in total. The molecular formula is C117H66Cl5F5N12O6S2. The van der Waals surface area contributed by atoms with Gasteiger partial charge in [0, 0.05) is 172 Å². The number of pyridine rings is 12. The first-order valence-electron chi connectivity index (χ1n) is 45.3. The summed E-state index contributed by atoms with van der Waals surface area (Å²) in [7, 11) is 0. The first-order valence-corrected chi connectivity index (χ1v) is 49.0. The number of aryl methyl sites for hydroxylation is 1. The normalized spacial score (nSPS) is 11.4. The van der Waals surface area contributed by atoms with E-state index in [1.807, 2.05) is 140 Å². The van der Waals surface area contributed by atoms with Crippen molar-refractivity contribution in [1.82, 2.24) is 57.7 Å². The van der Waals surface area contributed by atoms with Crippen molar-refractivity contribution < 1.29 is 26.4 Å². The number of rotatable bonds is 10. The van der Waals surface area contributed by atoms with Gasteiger partial charge in [0.1, 0.15) is 29.1 Å². The number of nitrogens with zero attached hydrogens (tertiary/aromatic N) is 12. The van der Waals surface area contributed by atoms with Gasteiger partial charge in [-0.2, -0.15) is 11.3 Å². The van der Waals surface area contributed by atoms with Crippen LogP contribution in [0.15, 0.2) is 410 Å². The summed E-state index contributed by atoms with van der Waals surface area (Å²) < 4.78 is 82.7. The zero-order valence-electron chi connectivity index (χ0n) is 76.3. The Morgan fingerprint density at radius 1 is 0.279 bits per heavy atom. The Morgan fingerprint density at radius 2 is 0.612 bits per heavy atom. The van der Waals surface area contributed by atoms with Gasteiger partial charge < -0.3 is 4.42 Å². The standard InChI is InChI=1S/C26H14ClFN2OS.C24H15ClFN3O.C23H13ClFN3O.C22H12ClFN2O2.C22H12ClFN2OS/c27-21-12-17(7-8-22(21)28)30-25(31)10-6-16-13-29-23-9-5-15(11-19(23)26(16)30)20-14-32-24-4-2-1-3-18(20)24;1-14-2-3-16(12-27-14)15-4-8-22-19(10-15)24-17(13-28-22)5-9-23(30)29(24)18-6-7-21(26)20(25)11-18;24-19-11-17(5-6-20(19)25)28-22(29)8-4-16-13-27-21-7-3-14(10-18(21)23(16)28)15-2-1-9-26-12-15;2*23-18-10-16(3-4-19(18)24)26-21(27)6-2-14-11-25-20-5-1-13(9-17(20)22(14)26)15-7-8-28-12-15/h1-14H;2-13H,1H3;1-13H;2*1-12H. The Bertz CT molecular complexity index is 9950. The molecule has 0 aliphatic carbocycles. The van der Waals surface area contributed by atoms with Crippen molar-refractivity contribution in [3.63, 3.8) is 0 Å². The summed E-state index contributed by atoms with van der Waals surface area (Å²) in [6.07, 6.45) is 17.3. The van der Waals surface area contributed by atoms with E-state index in [4.69, 9.17) is 62.4 Å². The highest BCUT2D eigenvalue weighted by atomic mass is 35.5. The molecule has 147 heavy (non-hydrogen) atoms. The van der Waals surface area contributed by atoms with E-state index in [1.165, 1.54) is 116 Å². The van der Waals surface area contributed by atoms with E-state index in [-0.39, 0.29) is 52.9 Å². The molecule has 0 fully saturated rings. The highest BCUT2D eigenvalue weighted by Gasteiger charge is 2.23. The molecule has 712 valence electrons. The van der Waals surface area contributed by atoms with Crippen LogP contribution in [0.4, 0.5) is 22.0 Å². The Labute approximate surface area is 861 Å². The van der Waals surface area contributed by atoms with Crippen LogP contribution < -0.4 is 27.8 Å². The summed E-state index contributed by atoms with van der Waals surface area (Å²) in [5.74, 6) is -2.65. The minimum absolute atomic E-state index is 0.0290. The number of hydrogen-bond donors (Lipinski definition) is 0. The van der Waals surface area contributed by atoms with Crippen molar-refractivity contribution in [2.24, 2.45) is 0 Å². The third kappa shape index (κ3) is 18.5. The Morgan fingerprint density at radius 3 is 0.932 bits per heavy atom. The third-order valence-corrected chi connectivity index (χ3v) is 28.2. The van der Waals surface area contributed by atoms with Gasteiger partial charge >= 0.3 is 0 Å². The summed E-state index contributed by atoms with van der Waals surface area (Å²) in [4.78, 5) is 95.5. The van der Waals surface area contributed by atoms with Crippen LogP contribution in [0.1, 0.15) is 5.69 Å². The molecular weight excluding hydrogens is 2010 g/mol. The Balaban J connectivity index is 0.000000104. The smallest absolute Gasteiger partial charge is 0.255 e. The lowest BCUT2D eigenvalue weighted by atomic mass is 10.0. The molecule has 15 aromatic heterocycles. The lowest BCUT2D eigenvalue weighted by molar-refractivity contribution is 0.568. The molecule has 0 unspecified atom stereocenters. The molecule has 0 spiro atoms. The maximum absolute atomic E-state index is 13.8. The summed E-state index contributed by atoms with van der Waals surface area (Å²) in [6.45, 7) is 1.94. The largest absolute Gasteiger partial charge is 0.472 e. The van der Waals surface area contributed by atoms with Gasteiger partial charge in [0.25, 0.3) is 27.8 Å². The monoisotopic (exact) mass is 2070 g/mol. The van der Waals surface area contributed by atoms with Gasteiger partial charge in [-0.25, -0.2) is 22.0 Å². The fourth-order valence-electron chi connectivity index (χ4n) is 18.1. The Kier molecular flexibility index (Phi) is 25.7. The van der Waals surface area contributed by atoms with Gasteiger partial charge in [-0.1, -0.05) is 119 Å². The summed E-state index contributed by atoms with van der Waals surface area (Å²) in [5.41, 5.74) is 19.6. The average molecular weight is 2070 g/mol. The highest BCUT2D eigenvalue weighted by molar-refractivity contribution is 7.17. The molecule has 15 heterocycles. The maximum Gasteiger partial charge on any atom is 0.255 e. The summed E-state index contributed by atoms with van der Waals surface area (Å²) in [5, 5.41) is 15.4. The van der Waals surface area contributed by atoms with Crippen molar-refractivity contribution in [3.8, 4) is 84.1 Å². The van der Waals surface area contributed by atoms with Crippen molar-refractivity contribution in [3.05, 3.63) is 493 Å². The third-order valence-electron chi connectivity index (χ3n) is 25.1. The molecule has 0 N–H and O–H groups in total. The van der Waals surface area contributed by atoms with Crippen molar-refractivity contribution >= 4 is 200 Å². The maximum atomic E-state index is 13.8. The molecule has 30 heteroatoms. The fourth-order valence-corrected chi connectivity index (χ4v) is 20.6. The van der Waals surface area contributed by atoms with Crippen molar-refractivity contribution in [2.45, 2.75) is 6.92 Å². The van der Waals surface area contributed by atoms with Crippen LogP contribution >= 0.6 is 80.7 Å². The highest BCUT2D eigenvalue weighted by Crippen LogP contribution is 2.41. The van der Waals surface area contributed by atoms with Gasteiger partial charge in [-0.15, -0.1) is 11.3 Å². The van der Waals surface area contributed by atoms with E-state index in [2.05, 4.69) is 76.0 Å². The van der Waals surface area contributed by atoms with Crippen molar-refractivity contribution in [1.29, 1.82) is 0 Å². The van der Waals surface area contributed by atoms with Crippen LogP contribution in [-0.4, -0.2) is 57.7 Å². The molecule has 0 amide bonds. The van der Waals surface area contributed by atoms with E-state index < -0.39 is 29.1 Å². The molecule has 0 saturated carbocycles. The summed E-state index contributed by atoms with van der Waals surface area (Å²) in [6, 6.07) is 87.1. The van der Waals surface area contributed by atoms with Crippen LogP contribution in [0.2, 0.25) is 25.1 Å². The predicted molar refractivity (Wildman–Crippen MR) is 582 cm³/mol. The second kappa shape index (κ2) is 39.9. The average Bonchev–Trinajstić information content (AvgIpc) is 1.52. The minimum Gasteiger partial charge on any atom is -0.472 e. The van der Waals surface area contributed by atoms with Gasteiger partial charge in [-0.05, 0) is 269 Å². The van der Waals surface area contributed by atoms with Crippen LogP contribution in [0.5, 0.6) is 0 Å². The van der Waals surface area contributed by atoms with E-state index in [1.54, 1.807) is 147 Å². The molecule has 26 aromatic rings. The topological polar surface area (TPSA) is 213 Å². The van der Waals surface area contributed by atoms with Crippen LogP contribution in [0.25, 0.3) is 203 Å². The predicted octanol–water partition coefficient (Wildman–Crippen LogP) is 30.0. The van der Waals surface area contributed by atoms with Crippen LogP contribution in [0.3, 0.4) is 0 Å². The second-order valence-corrected chi connectivity index (χ2v) is 37.8.